The van der Waals surface area contributed by atoms with Gasteiger partial charge in [-0.25, -0.2) is 9.37 Å². The zero-order valence-electron chi connectivity index (χ0n) is 18.1. The van der Waals surface area contributed by atoms with Crippen LogP contribution in [0.4, 0.5) is 29.1 Å². The lowest BCUT2D eigenvalue weighted by molar-refractivity contribution is -0.137. The molecule has 0 spiro atoms. The molecule has 2 aromatic carbocycles. The highest BCUT2D eigenvalue weighted by Crippen LogP contribution is 2.38. The largest absolute Gasteiger partial charge is 0.417 e. The number of amides is 1. The molecule has 0 bridgehead atoms. The number of imidazole rings is 1. The quantitative estimate of drug-likeness (QED) is 0.463. The fourth-order valence-corrected chi connectivity index (χ4v) is 3.79. The summed E-state index contributed by atoms with van der Waals surface area (Å²) in [4.78, 5) is 18.7. The number of anilines is 2. The summed E-state index contributed by atoms with van der Waals surface area (Å²) in [7, 11) is 0. The van der Waals surface area contributed by atoms with E-state index < -0.39 is 28.1 Å². The Hall–Kier alpha value is -3.37. The van der Waals surface area contributed by atoms with E-state index in [9.17, 15) is 22.4 Å². The van der Waals surface area contributed by atoms with Crippen molar-refractivity contribution in [3.05, 3.63) is 70.9 Å². The second kappa shape index (κ2) is 8.44. The second-order valence-electron chi connectivity index (χ2n) is 8.37. The summed E-state index contributed by atoms with van der Waals surface area (Å²) in [6.07, 6.45) is -1.44. The second-order valence-corrected chi connectivity index (χ2v) is 8.78. The predicted octanol–water partition coefficient (Wildman–Crippen LogP) is 5.61. The number of nitrogens with zero attached hydrogens (tertiary/aromatic N) is 3. The van der Waals surface area contributed by atoms with Crippen molar-refractivity contribution in [3.8, 4) is 11.3 Å². The first-order chi connectivity index (χ1) is 15.8. The van der Waals surface area contributed by atoms with Gasteiger partial charge in [0.25, 0.3) is 0 Å². The molecule has 0 radical (unpaired) electrons. The van der Waals surface area contributed by atoms with Crippen LogP contribution in [0.1, 0.15) is 25.2 Å². The molecule has 1 aliphatic heterocycles. The maximum Gasteiger partial charge on any atom is 0.417 e. The molecule has 6 nitrogen and oxygen atoms in total. The van der Waals surface area contributed by atoms with Gasteiger partial charge in [0.2, 0.25) is 5.91 Å². The maximum absolute atomic E-state index is 13.5. The Bertz CT molecular complexity index is 1280. The van der Waals surface area contributed by atoms with Gasteiger partial charge in [0, 0.05) is 23.7 Å². The number of rotatable bonds is 4. The zero-order chi connectivity index (χ0) is 24.8. The molecule has 0 atom stereocenters. The SMILES string of the molecule is CC(C)(N)C(=O)N1C=Cn2c(nc(-c3ccc(F)cc3)c2Nc2ccc(C(F)(F)F)c(Cl)c2)C1. The highest BCUT2D eigenvalue weighted by molar-refractivity contribution is 6.31. The van der Waals surface area contributed by atoms with Crippen LogP contribution >= 0.6 is 11.6 Å². The molecule has 0 fully saturated rings. The van der Waals surface area contributed by atoms with Crippen LogP contribution < -0.4 is 11.1 Å². The van der Waals surface area contributed by atoms with Crippen LogP contribution in [0.3, 0.4) is 0 Å². The van der Waals surface area contributed by atoms with Crippen LogP contribution in [-0.4, -0.2) is 25.9 Å². The Labute approximate surface area is 197 Å². The van der Waals surface area contributed by atoms with Gasteiger partial charge >= 0.3 is 6.18 Å². The smallest absolute Gasteiger partial charge is 0.339 e. The van der Waals surface area contributed by atoms with E-state index in [2.05, 4.69) is 10.3 Å². The minimum Gasteiger partial charge on any atom is -0.339 e. The van der Waals surface area contributed by atoms with Crippen molar-refractivity contribution in [1.82, 2.24) is 14.5 Å². The normalized spacial score (nSPS) is 13.7. The van der Waals surface area contributed by atoms with E-state index in [0.717, 1.165) is 12.1 Å². The summed E-state index contributed by atoms with van der Waals surface area (Å²) in [5.41, 5.74) is 5.15. The van der Waals surface area contributed by atoms with Gasteiger partial charge in [-0.2, -0.15) is 13.2 Å². The van der Waals surface area contributed by atoms with E-state index in [4.69, 9.17) is 17.3 Å². The molecule has 3 N–H and O–H groups in total. The number of carbonyl (C=O) groups excluding carboxylic acids is 1. The summed E-state index contributed by atoms with van der Waals surface area (Å²) >= 11 is 5.87. The number of carbonyl (C=O) groups is 1. The molecule has 0 unspecified atom stereocenters. The van der Waals surface area contributed by atoms with Crippen molar-refractivity contribution < 1.29 is 22.4 Å². The molecular formula is C23H20ClF4N5O. The topological polar surface area (TPSA) is 76.2 Å². The summed E-state index contributed by atoms with van der Waals surface area (Å²) < 4.78 is 54.4. The van der Waals surface area contributed by atoms with E-state index in [0.29, 0.717) is 28.6 Å². The average Bonchev–Trinajstić information content (AvgIpc) is 3.09. The van der Waals surface area contributed by atoms with E-state index >= 15 is 0 Å². The lowest BCUT2D eigenvalue weighted by Gasteiger charge is -2.28. The fourth-order valence-electron chi connectivity index (χ4n) is 3.50. The molecule has 34 heavy (non-hydrogen) atoms. The third-order valence-corrected chi connectivity index (χ3v) is 5.47. The number of alkyl halides is 3. The highest BCUT2D eigenvalue weighted by Gasteiger charge is 2.33. The van der Waals surface area contributed by atoms with Gasteiger partial charge < -0.3 is 16.0 Å². The number of benzene rings is 2. The first kappa shape index (κ1) is 23.8. The monoisotopic (exact) mass is 493 g/mol. The van der Waals surface area contributed by atoms with E-state index in [-0.39, 0.29) is 12.5 Å². The first-order valence-electron chi connectivity index (χ1n) is 10.1. The third kappa shape index (κ3) is 4.64. The molecule has 0 aliphatic carbocycles. The van der Waals surface area contributed by atoms with Crippen LogP contribution in [0, 0.1) is 5.82 Å². The summed E-state index contributed by atoms with van der Waals surface area (Å²) in [5.74, 6) is 0.136. The molecule has 1 amide bonds. The summed E-state index contributed by atoms with van der Waals surface area (Å²) in [6.45, 7) is 3.30. The number of halogens is 5. The Morgan fingerprint density at radius 3 is 2.38 bits per heavy atom. The number of nitrogens with two attached hydrogens (primary N) is 1. The molecule has 178 valence electrons. The molecule has 4 rings (SSSR count). The lowest BCUT2D eigenvalue weighted by atomic mass is 10.1. The molecule has 0 saturated heterocycles. The Morgan fingerprint density at radius 2 is 1.79 bits per heavy atom. The van der Waals surface area contributed by atoms with Gasteiger partial charge in [-0.05, 0) is 56.3 Å². The number of fused-ring (bicyclic) bond motifs is 1. The van der Waals surface area contributed by atoms with Crippen LogP contribution in [0.15, 0.2) is 48.7 Å². The van der Waals surface area contributed by atoms with Crippen molar-refractivity contribution >= 4 is 35.2 Å². The van der Waals surface area contributed by atoms with Crippen molar-refractivity contribution in [1.29, 1.82) is 0 Å². The standard InChI is InChI=1S/C23H20ClF4N5O/c1-22(2,29)21(34)32-9-10-33-18(12-32)31-19(13-3-5-14(25)6-4-13)20(33)30-15-7-8-16(17(24)11-15)23(26,27)28/h3-11,30H,12,29H2,1-2H3. The van der Waals surface area contributed by atoms with Crippen LogP contribution in [0.5, 0.6) is 0 Å². The van der Waals surface area contributed by atoms with Crippen molar-refractivity contribution in [2.75, 3.05) is 5.32 Å². The van der Waals surface area contributed by atoms with E-state index in [1.165, 1.54) is 35.2 Å². The summed E-state index contributed by atoms with van der Waals surface area (Å²) in [5, 5.41) is 2.60. The molecular weight excluding hydrogens is 474 g/mol. The Morgan fingerprint density at radius 1 is 1.12 bits per heavy atom. The van der Waals surface area contributed by atoms with Gasteiger partial charge in [0.05, 0.1) is 22.7 Å². The Balaban J connectivity index is 1.77. The van der Waals surface area contributed by atoms with Gasteiger partial charge in [-0.3, -0.25) is 9.36 Å². The molecule has 11 heteroatoms. The molecule has 3 aromatic rings. The first-order valence-corrected chi connectivity index (χ1v) is 10.5. The summed E-state index contributed by atoms with van der Waals surface area (Å²) in [6, 6.07) is 8.91. The molecule has 1 aromatic heterocycles. The maximum atomic E-state index is 13.5. The van der Waals surface area contributed by atoms with Gasteiger partial charge in [-0.15, -0.1) is 0 Å². The zero-order valence-corrected chi connectivity index (χ0v) is 18.9. The average molecular weight is 494 g/mol. The number of nitrogens with one attached hydrogen (secondary N) is 1. The van der Waals surface area contributed by atoms with Crippen molar-refractivity contribution in [3.63, 3.8) is 0 Å². The van der Waals surface area contributed by atoms with Crippen LogP contribution in [-0.2, 0) is 17.5 Å². The number of hydrogen-bond donors (Lipinski definition) is 2. The lowest BCUT2D eigenvalue weighted by Crippen LogP contribution is -2.49. The third-order valence-electron chi connectivity index (χ3n) is 5.16. The van der Waals surface area contributed by atoms with Crippen LogP contribution in [0.25, 0.3) is 17.5 Å². The number of aromatic nitrogens is 2. The molecule has 2 heterocycles. The van der Waals surface area contributed by atoms with Gasteiger partial charge in [0.1, 0.15) is 23.2 Å². The van der Waals surface area contributed by atoms with Crippen molar-refractivity contribution in [2.45, 2.75) is 32.1 Å². The molecule has 0 saturated carbocycles. The Kier molecular flexibility index (Phi) is 5.91. The van der Waals surface area contributed by atoms with Crippen LogP contribution in [0.2, 0.25) is 5.02 Å². The minimum atomic E-state index is -4.58. The highest BCUT2D eigenvalue weighted by atomic mass is 35.5. The van der Waals surface area contributed by atoms with Gasteiger partial charge in [-0.1, -0.05) is 11.6 Å². The minimum absolute atomic E-state index is 0.111. The van der Waals surface area contributed by atoms with Gasteiger partial charge in [0.15, 0.2) is 0 Å². The van der Waals surface area contributed by atoms with E-state index in [1.807, 2.05) is 0 Å². The van der Waals surface area contributed by atoms with Crippen molar-refractivity contribution in [2.24, 2.45) is 5.73 Å². The number of hydrogen-bond acceptors (Lipinski definition) is 4. The fraction of sp³-hybridized carbons (Fsp3) is 0.217. The van der Waals surface area contributed by atoms with E-state index in [1.54, 1.807) is 30.8 Å². The molecule has 1 aliphatic rings. The predicted molar refractivity (Wildman–Crippen MR) is 122 cm³/mol.